The van der Waals surface area contributed by atoms with Gasteiger partial charge in [-0.1, -0.05) is 48.5 Å². The summed E-state index contributed by atoms with van der Waals surface area (Å²) in [5.41, 5.74) is 3.96. The van der Waals surface area contributed by atoms with Gasteiger partial charge in [0.2, 0.25) is 5.91 Å². The van der Waals surface area contributed by atoms with Gasteiger partial charge in [-0.3, -0.25) is 14.5 Å². The lowest BCUT2D eigenvalue weighted by Crippen LogP contribution is -2.19. The highest BCUT2D eigenvalue weighted by molar-refractivity contribution is 6.08. The predicted octanol–water partition coefficient (Wildman–Crippen LogP) is 5.03. The number of fused-ring (bicyclic) bond motifs is 3. The van der Waals surface area contributed by atoms with E-state index in [1.165, 1.54) is 24.3 Å². The Morgan fingerprint density at radius 2 is 1.63 bits per heavy atom. The number of para-hydroxylation sites is 1. The topological polar surface area (TPSA) is 59.8 Å². The molecule has 0 atom stereocenters. The molecule has 5 rings (SSSR count). The summed E-state index contributed by atoms with van der Waals surface area (Å²) >= 11 is 0. The van der Waals surface area contributed by atoms with Gasteiger partial charge >= 0.3 is 0 Å². The SMILES string of the molecule is O=C(Cn1nc(-c2ccccc2)c2cnc3ccccc3c21)Nc1ccc(F)cc1. The van der Waals surface area contributed by atoms with Gasteiger partial charge < -0.3 is 5.32 Å². The van der Waals surface area contributed by atoms with Crippen molar-refractivity contribution in [1.82, 2.24) is 14.8 Å². The predicted molar refractivity (Wildman–Crippen MR) is 115 cm³/mol. The molecule has 0 bridgehead atoms. The van der Waals surface area contributed by atoms with Crippen molar-refractivity contribution in [3.05, 3.63) is 90.9 Å². The number of carbonyl (C=O) groups is 1. The van der Waals surface area contributed by atoms with E-state index in [2.05, 4.69) is 10.3 Å². The second kappa shape index (κ2) is 7.40. The largest absolute Gasteiger partial charge is 0.324 e. The van der Waals surface area contributed by atoms with Gasteiger partial charge in [-0.25, -0.2) is 4.39 Å². The minimum atomic E-state index is -0.349. The van der Waals surface area contributed by atoms with Crippen LogP contribution >= 0.6 is 0 Å². The number of benzene rings is 3. The van der Waals surface area contributed by atoms with Crippen LogP contribution in [0.4, 0.5) is 10.1 Å². The number of carbonyl (C=O) groups excluding carboxylic acids is 1. The Morgan fingerprint density at radius 3 is 2.43 bits per heavy atom. The molecule has 2 heterocycles. The molecule has 6 heteroatoms. The molecule has 0 unspecified atom stereocenters. The van der Waals surface area contributed by atoms with Crippen LogP contribution in [0.1, 0.15) is 0 Å². The van der Waals surface area contributed by atoms with Crippen LogP contribution in [0, 0.1) is 5.82 Å². The van der Waals surface area contributed by atoms with Gasteiger partial charge in [-0.15, -0.1) is 0 Å². The van der Waals surface area contributed by atoms with Crippen molar-refractivity contribution >= 4 is 33.4 Å². The quantitative estimate of drug-likeness (QED) is 0.464. The van der Waals surface area contributed by atoms with Crippen molar-refractivity contribution in [3.63, 3.8) is 0 Å². The number of anilines is 1. The molecular weight excluding hydrogens is 379 g/mol. The monoisotopic (exact) mass is 396 g/mol. The molecule has 30 heavy (non-hydrogen) atoms. The molecule has 5 aromatic rings. The number of rotatable bonds is 4. The number of hydrogen-bond donors (Lipinski definition) is 1. The van der Waals surface area contributed by atoms with Crippen LogP contribution in [0.3, 0.4) is 0 Å². The van der Waals surface area contributed by atoms with Crippen LogP contribution in [0.25, 0.3) is 33.1 Å². The minimum absolute atomic E-state index is 0.0225. The zero-order valence-electron chi connectivity index (χ0n) is 15.9. The van der Waals surface area contributed by atoms with E-state index in [0.717, 1.165) is 33.1 Å². The number of pyridine rings is 1. The van der Waals surface area contributed by atoms with Gasteiger partial charge in [0.15, 0.2) is 0 Å². The molecule has 2 aromatic heterocycles. The highest BCUT2D eigenvalue weighted by Crippen LogP contribution is 2.31. The van der Waals surface area contributed by atoms with E-state index in [9.17, 15) is 9.18 Å². The molecule has 0 radical (unpaired) electrons. The smallest absolute Gasteiger partial charge is 0.246 e. The lowest BCUT2D eigenvalue weighted by molar-refractivity contribution is -0.116. The van der Waals surface area contributed by atoms with Crippen LogP contribution in [-0.2, 0) is 11.3 Å². The minimum Gasteiger partial charge on any atom is -0.324 e. The van der Waals surface area contributed by atoms with Crippen molar-refractivity contribution in [2.24, 2.45) is 0 Å². The Morgan fingerprint density at radius 1 is 0.900 bits per heavy atom. The zero-order chi connectivity index (χ0) is 20.5. The van der Waals surface area contributed by atoms with Gasteiger partial charge in [-0.05, 0) is 30.3 Å². The summed E-state index contributed by atoms with van der Waals surface area (Å²) in [6, 6.07) is 23.3. The first kappa shape index (κ1) is 18.0. The van der Waals surface area contributed by atoms with E-state index in [1.807, 2.05) is 54.6 Å². The molecule has 1 amide bonds. The first-order chi connectivity index (χ1) is 14.7. The van der Waals surface area contributed by atoms with E-state index in [4.69, 9.17) is 5.10 Å². The second-order valence-electron chi connectivity index (χ2n) is 6.96. The Hall–Kier alpha value is -4.06. The van der Waals surface area contributed by atoms with E-state index >= 15 is 0 Å². The summed E-state index contributed by atoms with van der Waals surface area (Å²) in [7, 11) is 0. The summed E-state index contributed by atoms with van der Waals surface area (Å²) in [4.78, 5) is 17.3. The third kappa shape index (κ3) is 3.28. The van der Waals surface area contributed by atoms with Crippen LogP contribution < -0.4 is 5.32 Å². The lowest BCUT2D eigenvalue weighted by Gasteiger charge is -2.07. The molecule has 3 aromatic carbocycles. The molecule has 0 saturated carbocycles. The van der Waals surface area contributed by atoms with Crippen molar-refractivity contribution in [3.8, 4) is 11.3 Å². The molecule has 1 N–H and O–H groups in total. The number of nitrogens with zero attached hydrogens (tertiary/aromatic N) is 3. The third-order valence-electron chi connectivity index (χ3n) is 4.95. The highest BCUT2D eigenvalue weighted by atomic mass is 19.1. The lowest BCUT2D eigenvalue weighted by atomic mass is 10.1. The molecule has 0 saturated heterocycles. The number of amides is 1. The van der Waals surface area contributed by atoms with Crippen molar-refractivity contribution in [1.29, 1.82) is 0 Å². The maximum Gasteiger partial charge on any atom is 0.246 e. The van der Waals surface area contributed by atoms with Crippen LogP contribution in [0.15, 0.2) is 85.1 Å². The maximum atomic E-state index is 13.1. The fraction of sp³-hybridized carbons (Fsp3) is 0.0417. The van der Waals surface area contributed by atoms with Crippen molar-refractivity contribution < 1.29 is 9.18 Å². The Labute approximate surface area is 171 Å². The highest BCUT2D eigenvalue weighted by Gasteiger charge is 2.17. The first-order valence-electron chi connectivity index (χ1n) is 9.54. The number of aromatic nitrogens is 3. The molecule has 0 aliphatic heterocycles. The van der Waals surface area contributed by atoms with Crippen molar-refractivity contribution in [2.75, 3.05) is 5.32 Å². The van der Waals surface area contributed by atoms with Gasteiger partial charge in [-0.2, -0.15) is 5.10 Å². The first-order valence-corrected chi connectivity index (χ1v) is 9.54. The summed E-state index contributed by atoms with van der Waals surface area (Å²) in [5, 5.41) is 9.37. The van der Waals surface area contributed by atoms with E-state index in [0.29, 0.717) is 5.69 Å². The fourth-order valence-electron chi connectivity index (χ4n) is 3.60. The van der Waals surface area contributed by atoms with E-state index < -0.39 is 0 Å². The van der Waals surface area contributed by atoms with Gasteiger partial charge in [0.05, 0.1) is 11.0 Å². The molecule has 146 valence electrons. The standard InChI is InChI=1S/C24H17FN4O/c25-17-10-12-18(13-11-17)27-22(30)15-29-24-19-8-4-5-9-21(19)26-14-20(24)23(28-29)16-6-2-1-3-7-16/h1-14H,15H2,(H,27,30). The van der Waals surface area contributed by atoms with E-state index in [-0.39, 0.29) is 18.3 Å². The molecule has 0 aliphatic rings. The summed E-state index contributed by atoms with van der Waals surface area (Å²) in [6.07, 6.45) is 1.81. The molecular formula is C24H17FN4O. The van der Waals surface area contributed by atoms with Gasteiger partial charge in [0, 0.05) is 28.2 Å². The molecule has 0 spiro atoms. The molecule has 0 fully saturated rings. The summed E-state index contributed by atoms with van der Waals surface area (Å²) < 4.78 is 14.8. The Kier molecular flexibility index (Phi) is 4.44. The third-order valence-corrected chi connectivity index (χ3v) is 4.95. The van der Waals surface area contributed by atoms with Crippen LogP contribution in [-0.4, -0.2) is 20.7 Å². The molecule has 0 aliphatic carbocycles. The average molecular weight is 396 g/mol. The van der Waals surface area contributed by atoms with E-state index in [1.54, 1.807) is 10.9 Å². The molecule has 5 nitrogen and oxygen atoms in total. The number of nitrogens with one attached hydrogen (secondary N) is 1. The Bertz CT molecular complexity index is 1360. The van der Waals surface area contributed by atoms with Gasteiger partial charge in [0.1, 0.15) is 18.1 Å². The summed E-state index contributed by atoms with van der Waals surface area (Å²) in [5.74, 6) is -0.593. The van der Waals surface area contributed by atoms with Crippen LogP contribution in [0.5, 0.6) is 0 Å². The number of hydrogen-bond acceptors (Lipinski definition) is 3. The average Bonchev–Trinajstić information content (AvgIpc) is 3.14. The Balaban J connectivity index is 1.60. The van der Waals surface area contributed by atoms with Gasteiger partial charge in [0.25, 0.3) is 0 Å². The normalized spacial score (nSPS) is 11.1. The number of halogens is 1. The maximum absolute atomic E-state index is 13.1. The second-order valence-corrected chi connectivity index (χ2v) is 6.96. The zero-order valence-corrected chi connectivity index (χ0v) is 15.9. The fourth-order valence-corrected chi connectivity index (χ4v) is 3.60. The van der Waals surface area contributed by atoms with Crippen LogP contribution in [0.2, 0.25) is 0 Å². The van der Waals surface area contributed by atoms with Crippen molar-refractivity contribution in [2.45, 2.75) is 6.54 Å². The summed E-state index contributed by atoms with van der Waals surface area (Å²) in [6.45, 7) is 0.0225.